The normalized spacial score (nSPS) is 10.7. The first-order valence-corrected chi connectivity index (χ1v) is 4.95. The summed E-state index contributed by atoms with van der Waals surface area (Å²) < 4.78 is 7.03. The lowest BCUT2D eigenvalue weighted by atomic mass is 10.5. The zero-order valence-corrected chi connectivity index (χ0v) is 9.16. The van der Waals surface area contributed by atoms with E-state index < -0.39 is 0 Å². The Morgan fingerprint density at radius 1 is 1.38 bits per heavy atom. The molecule has 0 atom stereocenters. The van der Waals surface area contributed by atoms with E-state index in [9.17, 15) is 0 Å². The summed E-state index contributed by atoms with van der Waals surface area (Å²) in [5, 5.41) is 4.05. The van der Waals surface area contributed by atoms with Crippen molar-refractivity contribution in [3.05, 3.63) is 24.7 Å². The van der Waals surface area contributed by atoms with Crippen molar-refractivity contribution in [2.45, 2.75) is 20.0 Å². The number of rotatable bonds is 3. The van der Waals surface area contributed by atoms with Gasteiger partial charge in [0.15, 0.2) is 5.82 Å². The Balaban J connectivity index is 2.28. The molecule has 0 amide bonds. The highest BCUT2D eigenvalue weighted by Crippen LogP contribution is 2.12. The fourth-order valence-electron chi connectivity index (χ4n) is 1.23. The van der Waals surface area contributed by atoms with Gasteiger partial charge in [-0.05, 0) is 13.8 Å². The Kier molecular flexibility index (Phi) is 2.72. The summed E-state index contributed by atoms with van der Waals surface area (Å²) in [5.41, 5.74) is 5.53. The lowest BCUT2D eigenvalue weighted by Gasteiger charge is -2.08. The van der Waals surface area contributed by atoms with E-state index in [0.29, 0.717) is 17.5 Å². The van der Waals surface area contributed by atoms with Gasteiger partial charge in [0.2, 0.25) is 5.88 Å². The number of hydrogen-bond acceptors (Lipinski definition) is 5. The van der Waals surface area contributed by atoms with Crippen molar-refractivity contribution in [3.63, 3.8) is 0 Å². The van der Waals surface area contributed by atoms with Gasteiger partial charge in [-0.2, -0.15) is 0 Å². The van der Waals surface area contributed by atoms with Crippen molar-refractivity contribution in [3.8, 4) is 11.7 Å². The van der Waals surface area contributed by atoms with Crippen LogP contribution in [0.25, 0.3) is 5.82 Å². The maximum atomic E-state index is 5.53. The highest BCUT2D eigenvalue weighted by Gasteiger charge is 2.04. The number of hydrogen-bond donors (Lipinski definition) is 1. The molecule has 2 aromatic rings. The van der Waals surface area contributed by atoms with Gasteiger partial charge in [0.05, 0.1) is 6.10 Å². The summed E-state index contributed by atoms with van der Waals surface area (Å²) in [6.45, 7) is 3.88. The molecule has 0 aliphatic rings. The fraction of sp³-hybridized carbons (Fsp3) is 0.300. The summed E-state index contributed by atoms with van der Waals surface area (Å²) in [7, 11) is 0. The van der Waals surface area contributed by atoms with Gasteiger partial charge in [-0.3, -0.25) is 0 Å². The average molecular weight is 219 g/mol. The third kappa shape index (κ3) is 2.28. The average Bonchev–Trinajstić information content (AvgIpc) is 2.64. The zero-order chi connectivity index (χ0) is 11.5. The summed E-state index contributed by atoms with van der Waals surface area (Å²) >= 11 is 0. The third-order valence-electron chi connectivity index (χ3n) is 1.83. The van der Waals surface area contributed by atoms with Crippen LogP contribution in [0.5, 0.6) is 5.88 Å². The van der Waals surface area contributed by atoms with E-state index in [1.165, 1.54) is 6.33 Å². The van der Waals surface area contributed by atoms with Crippen molar-refractivity contribution >= 4 is 5.82 Å². The predicted octanol–water partition coefficient (Wildman–Crippen LogP) is 1.03. The van der Waals surface area contributed by atoms with E-state index >= 15 is 0 Å². The third-order valence-corrected chi connectivity index (χ3v) is 1.83. The van der Waals surface area contributed by atoms with Crippen molar-refractivity contribution in [1.82, 2.24) is 19.7 Å². The molecule has 16 heavy (non-hydrogen) atoms. The van der Waals surface area contributed by atoms with Gasteiger partial charge >= 0.3 is 0 Å². The minimum atomic E-state index is 0.0745. The topological polar surface area (TPSA) is 78.9 Å². The molecule has 6 heteroatoms. The second-order valence-electron chi connectivity index (χ2n) is 3.57. The maximum absolute atomic E-state index is 5.53. The van der Waals surface area contributed by atoms with Gasteiger partial charge in [-0.15, -0.1) is 5.10 Å². The van der Waals surface area contributed by atoms with Crippen molar-refractivity contribution in [1.29, 1.82) is 0 Å². The number of ether oxygens (including phenoxy) is 1. The highest BCUT2D eigenvalue weighted by molar-refractivity contribution is 5.31. The molecule has 0 unspecified atom stereocenters. The Morgan fingerprint density at radius 2 is 2.19 bits per heavy atom. The quantitative estimate of drug-likeness (QED) is 0.834. The molecule has 0 aromatic carbocycles. The van der Waals surface area contributed by atoms with Crippen LogP contribution in [0.4, 0.5) is 5.82 Å². The summed E-state index contributed by atoms with van der Waals surface area (Å²) in [5.74, 6) is 1.60. The smallest absolute Gasteiger partial charge is 0.218 e. The van der Waals surface area contributed by atoms with E-state index in [0.717, 1.165) is 0 Å². The van der Waals surface area contributed by atoms with Gasteiger partial charge in [-0.1, -0.05) is 0 Å². The van der Waals surface area contributed by atoms with Crippen molar-refractivity contribution in [2.75, 3.05) is 5.73 Å². The number of anilines is 1. The predicted molar refractivity (Wildman–Crippen MR) is 59.3 cm³/mol. The summed E-state index contributed by atoms with van der Waals surface area (Å²) in [6.07, 6.45) is 3.24. The molecular formula is C10H13N5O. The number of aromatic nitrogens is 4. The van der Waals surface area contributed by atoms with Gasteiger partial charge in [0.1, 0.15) is 12.1 Å². The zero-order valence-electron chi connectivity index (χ0n) is 9.16. The van der Waals surface area contributed by atoms with E-state index in [1.54, 1.807) is 23.0 Å². The Morgan fingerprint density at radius 3 is 2.81 bits per heavy atom. The van der Waals surface area contributed by atoms with Crippen LogP contribution in [0.1, 0.15) is 13.8 Å². The number of nitrogens with two attached hydrogens (primary N) is 1. The first kappa shape index (κ1) is 10.4. The first-order chi connectivity index (χ1) is 7.65. The van der Waals surface area contributed by atoms with Gasteiger partial charge < -0.3 is 10.5 Å². The van der Waals surface area contributed by atoms with E-state index in [1.807, 2.05) is 13.8 Å². The number of nitrogen functional groups attached to an aromatic ring is 1. The summed E-state index contributed by atoms with van der Waals surface area (Å²) in [6, 6.07) is 3.41. The Bertz CT molecular complexity index is 480. The maximum Gasteiger partial charge on any atom is 0.218 e. The Hall–Kier alpha value is -2.11. The molecule has 2 N–H and O–H groups in total. The van der Waals surface area contributed by atoms with Crippen LogP contribution in [0.3, 0.4) is 0 Å². The molecule has 0 aliphatic carbocycles. The Labute approximate surface area is 93.1 Å². The molecule has 0 spiro atoms. The lowest BCUT2D eigenvalue weighted by molar-refractivity contribution is 0.232. The number of nitrogens with zero attached hydrogens (tertiary/aromatic N) is 4. The van der Waals surface area contributed by atoms with E-state index in [2.05, 4.69) is 15.1 Å². The molecule has 0 saturated heterocycles. The minimum Gasteiger partial charge on any atom is -0.475 e. The van der Waals surface area contributed by atoms with Crippen LogP contribution in [-0.2, 0) is 0 Å². The molecule has 0 fully saturated rings. The van der Waals surface area contributed by atoms with Crippen LogP contribution in [-0.4, -0.2) is 25.9 Å². The second-order valence-corrected chi connectivity index (χ2v) is 3.57. The minimum absolute atomic E-state index is 0.0745. The molecule has 6 nitrogen and oxygen atoms in total. The van der Waals surface area contributed by atoms with Crippen LogP contribution in [0.2, 0.25) is 0 Å². The van der Waals surface area contributed by atoms with Crippen molar-refractivity contribution < 1.29 is 4.74 Å². The molecule has 84 valence electrons. The van der Waals surface area contributed by atoms with Crippen molar-refractivity contribution in [2.24, 2.45) is 0 Å². The standard InChI is InChI=1S/C10H13N5O/c1-7(2)16-10-5-9(12-6-13-10)15-4-3-8(11)14-15/h3-7H,1-2H3,(H2,11,14). The molecular weight excluding hydrogens is 206 g/mol. The second kappa shape index (κ2) is 4.18. The largest absolute Gasteiger partial charge is 0.475 e. The van der Waals surface area contributed by atoms with Crippen LogP contribution >= 0.6 is 0 Å². The molecule has 2 rings (SSSR count). The first-order valence-electron chi connectivity index (χ1n) is 4.95. The van der Waals surface area contributed by atoms with E-state index in [4.69, 9.17) is 10.5 Å². The van der Waals surface area contributed by atoms with Crippen LogP contribution in [0, 0.1) is 0 Å². The van der Waals surface area contributed by atoms with Gasteiger partial charge in [0, 0.05) is 18.3 Å². The van der Waals surface area contributed by atoms with E-state index in [-0.39, 0.29) is 6.10 Å². The lowest BCUT2D eigenvalue weighted by Crippen LogP contribution is -2.08. The van der Waals surface area contributed by atoms with Crippen LogP contribution < -0.4 is 10.5 Å². The molecule has 0 bridgehead atoms. The van der Waals surface area contributed by atoms with Crippen LogP contribution in [0.15, 0.2) is 24.7 Å². The monoisotopic (exact) mass is 219 g/mol. The molecule has 0 aliphatic heterocycles. The highest BCUT2D eigenvalue weighted by atomic mass is 16.5. The molecule has 0 saturated carbocycles. The molecule has 0 radical (unpaired) electrons. The van der Waals surface area contributed by atoms with Gasteiger partial charge in [0.25, 0.3) is 0 Å². The molecule has 2 aromatic heterocycles. The molecule has 2 heterocycles. The fourth-order valence-corrected chi connectivity index (χ4v) is 1.23. The SMILES string of the molecule is CC(C)Oc1cc(-n2ccc(N)n2)ncn1. The van der Waals surface area contributed by atoms with Gasteiger partial charge in [-0.25, -0.2) is 14.6 Å². The summed E-state index contributed by atoms with van der Waals surface area (Å²) in [4.78, 5) is 8.09.